The Balaban J connectivity index is 1.65. The van der Waals surface area contributed by atoms with Crippen LogP contribution in [0.15, 0.2) is 48.5 Å². The number of rotatable bonds is 5. The van der Waals surface area contributed by atoms with E-state index in [9.17, 15) is 19.7 Å². The van der Waals surface area contributed by atoms with Gasteiger partial charge in [-0.3, -0.25) is 19.7 Å². The first-order valence-electron chi connectivity index (χ1n) is 7.66. The predicted molar refractivity (Wildman–Crippen MR) is 98.3 cm³/mol. The number of benzene rings is 2. The molecule has 0 spiro atoms. The van der Waals surface area contributed by atoms with Gasteiger partial charge in [0.1, 0.15) is 6.04 Å². The Morgan fingerprint density at radius 3 is 2.69 bits per heavy atom. The number of fused-ring (bicyclic) bond motifs is 1. The molecule has 0 fully saturated rings. The topological polar surface area (TPSA) is 114 Å². The van der Waals surface area contributed by atoms with Crippen molar-refractivity contribution >= 4 is 44.2 Å². The highest BCUT2D eigenvalue weighted by molar-refractivity contribution is 7.22. The van der Waals surface area contributed by atoms with Gasteiger partial charge in [-0.1, -0.05) is 29.5 Å². The smallest absolute Gasteiger partial charge is 0.270 e. The summed E-state index contributed by atoms with van der Waals surface area (Å²) in [5, 5.41) is 16.4. The number of nitro groups is 1. The van der Waals surface area contributed by atoms with Gasteiger partial charge in [-0.2, -0.15) is 0 Å². The molecule has 0 aliphatic heterocycles. The number of thiazole rings is 1. The molecule has 0 unspecified atom stereocenters. The molecule has 132 valence electrons. The van der Waals surface area contributed by atoms with Crippen LogP contribution in [-0.2, 0) is 4.79 Å². The highest BCUT2D eigenvalue weighted by Gasteiger charge is 2.19. The molecule has 1 heterocycles. The van der Waals surface area contributed by atoms with Gasteiger partial charge >= 0.3 is 0 Å². The molecular weight excluding hydrogens is 356 g/mol. The Labute approximate surface area is 152 Å². The quantitative estimate of drug-likeness (QED) is 0.529. The Hall–Kier alpha value is -3.33. The van der Waals surface area contributed by atoms with Gasteiger partial charge in [0.2, 0.25) is 5.91 Å². The Morgan fingerprint density at radius 1 is 1.19 bits per heavy atom. The molecule has 0 saturated heterocycles. The zero-order chi connectivity index (χ0) is 18.7. The summed E-state index contributed by atoms with van der Waals surface area (Å²) < 4.78 is 0.941. The van der Waals surface area contributed by atoms with E-state index < -0.39 is 22.8 Å². The molecule has 1 atom stereocenters. The minimum absolute atomic E-state index is 0.110. The number of para-hydroxylation sites is 1. The zero-order valence-corrected chi connectivity index (χ0v) is 14.4. The van der Waals surface area contributed by atoms with E-state index >= 15 is 0 Å². The second-order valence-corrected chi connectivity index (χ2v) is 6.51. The SMILES string of the molecule is C[C@H](NC(=O)c1cccc([N+](=O)[O-])c1)C(=O)Nc1nc2ccccc2s1. The summed E-state index contributed by atoms with van der Waals surface area (Å²) in [4.78, 5) is 39.0. The maximum Gasteiger partial charge on any atom is 0.270 e. The van der Waals surface area contributed by atoms with Crippen LogP contribution in [0.5, 0.6) is 0 Å². The Bertz CT molecular complexity index is 968. The number of amides is 2. The molecule has 8 nitrogen and oxygen atoms in total. The molecule has 9 heteroatoms. The van der Waals surface area contributed by atoms with Crippen LogP contribution in [0.25, 0.3) is 10.2 Å². The summed E-state index contributed by atoms with van der Waals surface area (Å²) >= 11 is 1.33. The molecule has 0 aliphatic rings. The predicted octanol–water partition coefficient (Wildman–Crippen LogP) is 2.96. The van der Waals surface area contributed by atoms with E-state index in [-0.39, 0.29) is 11.3 Å². The molecule has 3 aromatic rings. The summed E-state index contributed by atoms with van der Waals surface area (Å²) in [6, 6.07) is 12.0. The number of carbonyl (C=O) groups excluding carboxylic acids is 2. The van der Waals surface area contributed by atoms with Crippen LogP contribution < -0.4 is 10.6 Å². The van der Waals surface area contributed by atoms with Gasteiger partial charge in [-0.25, -0.2) is 4.98 Å². The second kappa shape index (κ2) is 7.28. The van der Waals surface area contributed by atoms with Crippen LogP contribution in [0, 0.1) is 10.1 Å². The van der Waals surface area contributed by atoms with Gasteiger partial charge < -0.3 is 10.6 Å². The molecule has 3 rings (SSSR count). The van der Waals surface area contributed by atoms with Crippen LogP contribution in [0.3, 0.4) is 0 Å². The van der Waals surface area contributed by atoms with Gasteiger partial charge in [-0.15, -0.1) is 0 Å². The first-order valence-corrected chi connectivity index (χ1v) is 8.47. The fourth-order valence-electron chi connectivity index (χ4n) is 2.25. The number of nitrogens with one attached hydrogen (secondary N) is 2. The molecule has 2 amide bonds. The van der Waals surface area contributed by atoms with E-state index in [4.69, 9.17) is 0 Å². The number of aromatic nitrogens is 1. The maximum atomic E-state index is 12.3. The van der Waals surface area contributed by atoms with E-state index in [1.54, 1.807) is 0 Å². The molecule has 1 aromatic heterocycles. The van der Waals surface area contributed by atoms with Crippen LogP contribution in [0.4, 0.5) is 10.8 Å². The zero-order valence-electron chi connectivity index (χ0n) is 13.6. The lowest BCUT2D eigenvalue weighted by atomic mass is 10.1. The molecular formula is C17H14N4O4S. The first-order chi connectivity index (χ1) is 12.4. The van der Waals surface area contributed by atoms with Crippen molar-refractivity contribution in [3.05, 3.63) is 64.2 Å². The van der Waals surface area contributed by atoms with E-state index in [0.29, 0.717) is 5.13 Å². The fourth-order valence-corrected chi connectivity index (χ4v) is 3.11. The van der Waals surface area contributed by atoms with Crippen molar-refractivity contribution in [2.24, 2.45) is 0 Å². The maximum absolute atomic E-state index is 12.3. The lowest BCUT2D eigenvalue weighted by Crippen LogP contribution is -2.41. The second-order valence-electron chi connectivity index (χ2n) is 5.48. The van der Waals surface area contributed by atoms with Crippen molar-refractivity contribution in [2.45, 2.75) is 13.0 Å². The molecule has 0 radical (unpaired) electrons. The standard InChI is InChI=1S/C17H14N4O4S/c1-10(18-16(23)11-5-4-6-12(9-11)21(24)25)15(22)20-17-19-13-7-2-3-8-14(13)26-17/h2-10H,1H3,(H,18,23)(H,19,20,22)/t10-/m0/s1. The van der Waals surface area contributed by atoms with Crippen LogP contribution >= 0.6 is 11.3 Å². The molecule has 0 bridgehead atoms. The number of hydrogen-bond acceptors (Lipinski definition) is 6. The number of non-ortho nitro benzene ring substituents is 1. The van der Waals surface area contributed by atoms with Crippen molar-refractivity contribution in [3.63, 3.8) is 0 Å². The number of nitrogens with zero attached hydrogens (tertiary/aromatic N) is 2. The summed E-state index contributed by atoms with van der Waals surface area (Å²) in [5.41, 5.74) is 0.698. The van der Waals surface area contributed by atoms with Crippen LogP contribution in [0.1, 0.15) is 17.3 Å². The van der Waals surface area contributed by atoms with Crippen molar-refractivity contribution in [1.82, 2.24) is 10.3 Å². The third kappa shape index (κ3) is 3.83. The average molecular weight is 370 g/mol. The van der Waals surface area contributed by atoms with Crippen LogP contribution in [-0.4, -0.2) is 27.8 Å². The van der Waals surface area contributed by atoms with Crippen molar-refractivity contribution in [3.8, 4) is 0 Å². The number of anilines is 1. The van der Waals surface area contributed by atoms with Gasteiger partial charge in [0.25, 0.3) is 11.6 Å². The third-order valence-electron chi connectivity index (χ3n) is 3.58. The van der Waals surface area contributed by atoms with E-state index in [1.807, 2.05) is 24.3 Å². The van der Waals surface area contributed by atoms with Gasteiger partial charge in [0.05, 0.1) is 15.1 Å². The third-order valence-corrected chi connectivity index (χ3v) is 4.54. The molecule has 2 N–H and O–H groups in total. The normalized spacial score (nSPS) is 11.7. The number of carbonyl (C=O) groups is 2. The average Bonchev–Trinajstić information content (AvgIpc) is 3.03. The lowest BCUT2D eigenvalue weighted by Gasteiger charge is -2.12. The summed E-state index contributed by atoms with van der Waals surface area (Å²) in [5.74, 6) is -0.997. The molecule has 26 heavy (non-hydrogen) atoms. The monoisotopic (exact) mass is 370 g/mol. The van der Waals surface area contributed by atoms with Crippen molar-refractivity contribution in [2.75, 3.05) is 5.32 Å². The molecule has 2 aromatic carbocycles. The first kappa shape index (κ1) is 17.5. The molecule has 0 aliphatic carbocycles. The minimum atomic E-state index is -0.839. The molecule has 0 saturated carbocycles. The van der Waals surface area contributed by atoms with E-state index in [2.05, 4.69) is 15.6 Å². The van der Waals surface area contributed by atoms with Crippen molar-refractivity contribution < 1.29 is 14.5 Å². The summed E-state index contributed by atoms with van der Waals surface area (Å²) in [7, 11) is 0. The van der Waals surface area contributed by atoms with E-state index in [1.165, 1.54) is 36.5 Å². The fraction of sp³-hybridized carbons (Fsp3) is 0.118. The lowest BCUT2D eigenvalue weighted by molar-refractivity contribution is -0.384. The highest BCUT2D eigenvalue weighted by Crippen LogP contribution is 2.25. The van der Waals surface area contributed by atoms with E-state index in [0.717, 1.165) is 16.3 Å². The Morgan fingerprint density at radius 2 is 1.96 bits per heavy atom. The summed E-state index contributed by atoms with van der Waals surface area (Å²) in [6.45, 7) is 1.53. The number of nitro benzene ring substituents is 1. The van der Waals surface area contributed by atoms with Gasteiger partial charge in [-0.05, 0) is 25.1 Å². The minimum Gasteiger partial charge on any atom is -0.341 e. The van der Waals surface area contributed by atoms with Gasteiger partial charge in [0, 0.05) is 17.7 Å². The Kier molecular flexibility index (Phi) is 4.90. The number of hydrogen-bond donors (Lipinski definition) is 2. The summed E-state index contributed by atoms with van der Waals surface area (Å²) in [6.07, 6.45) is 0. The largest absolute Gasteiger partial charge is 0.341 e. The van der Waals surface area contributed by atoms with Gasteiger partial charge in [0.15, 0.2) is 5.13 Å². The van der Waals surface area contributed by atoms with Crippen LogP contribution in [0.2, 0.25) is 0 Å². The highest BCUT2D eigenvalue weighted by atomic mass is 32.1. The van der Waals surface area contributed by atoms with Crippen molar-refractivity contribution in [1.29, 1.82) is 0 Å².